The van der Waals surface area contributed by atoms with Crippen molar-refractivity contribution in [1.29, 1.82) is 0 Å². The first kappa shape index (κ1) is 17.1. The third kappa shape index (κ3) is 4.86. The van der Waals surface area contributed by atoms with Gasteiger partial charge in [-0.15, -0.1) is 0 Å². The van der Waals surface area contributed by atoms with Crippen LogP contribution in [-0.4, -0.2) is 17.6 Å². The molecule has 1 atom stereocenters. The van der Waals surface area contributed by atoms with Gasteiger partial charge in [0.1, 0.15) is 17.2 Å². The number of aliphatic hydroxyl groups is 1. The second-order valence-corrected chi connectivity index (χ2v) is 5.65. The van der Waals surface area contributed by atoms with Crippen LogP contribution in [0.5, 0.6) is 0 Å². The Kier molecular flexibility index (Phi) is 5.45. The molecule has 0 spiro atoms. The molecule has 2 aromatic rings. The SMILES string of the molecule is CC(O)(CNC(=O)CCc1cc(F)ccc1F)c1ccccc1. The number of carbonyl (C=O) groups excluding carboxylic acids is 1. The number of hydrogen-bond donors (Lipinski definition) is 2. The van der Waals surface area contributed by atoms with Crippen molar-refractivity contribution in [1.82, 2.24) is 5.32 Å². The van der Waals surface area contributed by atoms with E-state index in [0.717, 1.165) is 18.2 Å². The van der Waals surface area contributed by atoms with Gasteiger partial charge < -0.3 is 10.4 Å². The summed E-state index contributed by atoms with van der Waals surface area (Å²) in [5.41, 5.74) is -0.340. The lowest BCUT2D eigenvalue weighted by Gasteiger charge is -2.24. The summed E-state index contributed by atoms with van der Waals surface area (Å²) in [7, 11) is 0. The molecule has 2 aromatic carbocycles. The minimum Gasteiger partial charge on any atom is -0.384 e. The van der Waals surface area contributed by atoms with Crippen molar-refractivity contribution in [2.24, 2.45) is 0 Å². The molecule has 1 unspecified atom stereocenters. The first-order chi connectivity index (χ1) is 10.9. The molecule has 23 heavy (non-hydrogen) atoms. The maximum Gasteiger partial charge on any atom is 0.220 e. The zero-order valence-electron chi connectivity index (χ0n) is 12.9. The van der Waals surface area contributed by atoms with Crippen LogP contribution in [0, 0.1) is 11.6 Å². The van der Waals surface area contributed by atoms with Gasteiger partial charge in [-0.05, 0) is 42.7 Å². The zero-order chi connectivity index (χ0) is 16.9. The lowest BCUT2D eigenvalue weighted by atomic mass is 9.96. The molecule has 0 saturated carbocycles. The van der Waals surface area contributed by atoms with Gasteiger partial charge in [-0.3, -0.25) is 4.79 Å². The van der Waals surface area contributed by atoms with Gasteiger partial charge in [0, 0.05) is 6.42 Å². The highest BCUT2D eigenvalue weighted by molar-refractivity contribution is 5.76. The van der Waals surface area contributed by atoms with Crippen LogP contribution in [0.2, 0.25) is 0 Å². The van der Waals surface area contributed by atoms with Crippen LogP contribution in [0.4, 0.5) is 8.78 Å². The van der Waals surface area contributed by atoms with Crippen molar-refractivity contribution < 1.29 is 18.7 Å². The Bertz CT molecular complexity index is 672. The Morgan fingerprint density at radius 1 is 1.17 bits per heavy atom. The molecule has 0 fully saturated rings. The number of rotatable bonds is 6. The molecule has 2 N–H and O–H groups in total. The third-order valence-electron chi connectivity index (χ3n) is 3.65. The molecule has 0 aliphatic rings. The van der Waals surface area contributed by atoms with E-state index >= 15 is 0 Å². The molecule has 3 nitrogen and oxygen atoms in total. The van der Waals surface area contributed by atoms with Crippen LogP contribution in [0.15, 0.2) is 48.5 Å². The number of halogens is 2. The zero-order valence-corrected chi connectivity index (χ0v) is 12.9. The van der Waals surface area contributed by atoms with Gasteiger partial charge in [0.25, 0.3) is 0 Å². The Morgan fingerprint density at radius 3 is 2.57 bits per heavy atom. The second kappa shape index (κ2) is 7.33. The Balaban J connectivity index is 1.87. The largest absolute Gasteiger partial charge is 0.384 e. The lowest BCUT2D eigenvalue weighted by Crippen LogP contribution is -2.38. The summed E-state index contributed by atoms with van der Waals surface area (Å²) in [6.45, 7) is 1.65. The molecule has 0 aliphatic carbocycles. The van der Waals surface area contributed by atoms with Gasteiger partial charge in [0.05, 0.1) is 6.54 Å². The molecule has 0 aromatic heterocycles. The molecule has 0 aliphatic heterocycles. The molecule has 1 amide bonds. The number of amides is 1. The first-order valence-electron chi connectivity index (χ1n) is 7.37. The first-order valence-corrected chi connectivity index (χ1v) is 7.37. The monoisotopic (exact) mass is 319 g/mol. The van der Waals surface area contributed by atoms with E-state index in [0.29, 0.717) is 5.56 Å². The smallest absolute Gasteiger partial charge is 0.220 e. The molecule has 122 valence electrons. The summed E-state index contributed by atoms with van der Waals surface area (Å²) in [4.78, 5) is 11.9. The highest BCUT2D eigenvalue weighted by Gasteiger charge is 2.23. The summed E-state index contributed by atoms with van der Waals surface area (Å²) < 4.78 is 26.5. The average Bonchev–Trinajstić information content (AvgIpc) is 2.54. The Hall–Kier alpha value is -2.27. The van der Waals surface area contributed by atoms with Crippen LogP contribution >= 0.6 is 0 Å². The van der Waals surface area contributed by atoms with Gasteiger partial charge in [-0.2, -0.15) is 0 Å². The third-order valence-corrected chi connectivity index (χ3v) is 3.65. The van der Waals surface area contributed by atoms with Crippen LogP contribution in [0.25, 0.3) is 0 Å². The van der Waals surface area contributed by atoms with E-state index in [9.17, 15) is 18.7 Å². The maximum atomic E-state index is 13.5. The molecule has 0 bridgehead atoms. The van der Waals surface area contributed by atoms with Crippen molar-refractivity contribution in [2.75, 3.05) is 6.54 Å². The minimum atomic E-state index is -1.19. The van der Waals surface area contributed by atoms with Crippen molar-refractivity contribution >= 4 is 5.91 Å². The fourth-order valence-corrected chi connectivity index (χ4v) is 2.24. The van der Waals surface area contributed by atoms with E-state index in [-0.39, 0.29) is 30.9 Å². The van der Waals surface area contributed by atoms with E-state index in [4.69, 9.17) is 0 Å². The Morgan fingerprint density at radius 2 is 1.87 bits per heavy atom. The van der Waals surface area contributed by atoms with Gasteiger partial charge in [0.2, 0.25) is 5.91 Å². The fourth-order valence-electron chi connectivity index (χ4n) is 2.24. The van der Waals surface area contributed by atoms with Crippen molar-refractivity contribution in [3.05, 3.63) is 71.3 Å². The summed E-state index contributed by atoms with van der Waals surface area (Å²) in [6.07, 6.45) is 0.119. The van der Waals surface area contributed by atoms with E-state index in [1.54, 1.807) is 31.2 Å². The highest BCUT2D eigenvalue weighted by Crippen LogP contribution is 2.19. The van der Waals surface area contributed by atoms with Crippen LogP contribution in [-0.2, 0) is 16.8 Å². The van der Waals surface area contributed by atoms with E-state index in [1.165, 1.54) is 0 Å². The minimum absolute atomic E-state index is 0.0191. The molecule has 0 radical (unpaired) electrons. The van der Waals surface area contributed by atoms with E-state index in [1.807, 2.05) is 6.07 Å². The molecular weight excluding hydrogens is 300 g/mol. The number of benzene rings is 2. The van der Waals surface area contributed by atoms with Gasteiger partial charge in [0.15, 0.2) is 0 Å². The van der Waals surface area contributed by atoms with Gasteiger partial charge in [-0.1, -0.05) is 30.3 Å². The Labute approximate surface area is 134 Å². The van der Waals surface area contributed by atoms with Crippen molar-refractivity contribution in [2.45, 2.75) is 25.4 Å². The van der Waals surface area contributed by atoms with Crippen LogP contribution in [0.3, 0.4) is 0 Å². The summed E-state index contributed by atoms with van der Waals surface area (Å²) in [5.74, 6) is -1.39. The predicted octanol–water partition coefficient (Wildman–Crippen LogP) is 2.92. The maximum absolute atomic E-state index is 13.5. The van der Waals surface area contributed by atoms with E-state index < -0.39 is 17.2 Å². The van der Waals surface area contributed by atoms with Crippen LogP contribution in [0.1, 0.15) is 24.5 Å². The molecule has 0 saturated heterocycles. The average molecular weight is 319 g/mol. The number of nitrogens with one attached hydrogen (secondary N) is 1. The van der Waals surface area contributed by atoms with Crippen molar-refractivity contribution in [3.8, 4) is 0 Å². The molecule has 2 rings (SSSR count). The summed E-state index contributed by atoms with van der Waals surface area (Å²) in [5, 5.41) is 13.0. The normalized spacial score (nSPS) is 13.4. The van der Waals surface area contributed by atoms with Gasteiger partial charge in [-0.25, -0.2) is 8.78 Å². The second-order valence-electron chi connectivity index (χ2n) is 5.65. The molecule has 0 heterocycles. The molecular formula is C18H19F2NO2. The standard InChI is InChI=1S/C18H19F2NO2/c1-18(23,14-5-3-2-4-6-14)12-21-17(22)10-7-13-11-15(19)8-9-16(13)20/h2-6,8-9,11,23H,7,10,12H2,1H3,(H,21,22). The van der Waals surface area contributed by atoms with Crippen LogP contribution < -0.4 is 5.32 Å². The van der Waals surface area contributed by atoms with E-state index in [2.05, 4.69) is 5.32 Å². The van der Waals surface area contributed by atoms with Crippen molar-refractivity contribution in [3.63, 3.8) is 0 Å². The predicted molar refractivity (Wildman–Crippen MR) is 83.7 cm³/mol. The van der Waals surface area contributed by atoms with Gasteiger partial charge >= 0.3 is 0 Å². The fraction of sp³-hybridized carbons (Fsp3) is 0.278. The number of carbonyl (C=O) groups is 1. The highest BCUT2D eigenvalue weighted by atomic mass is 19.1. The topological polar surface area (TPSA) is 49.3 Å². The number of aryl methyl sites for hydroxylation is 1. The molecule has 5 heteroatoms. The quantitative estimate of drug-likeness (QED) is 0.860. The number of hydrogen-bond acceptors (Lipinski definition) is 2. The lowest BCUT2D eigenvalue weighted by molar-refractivity contribution is -0.122. The summed E-state index contributed by atoms with van der Waals surface area (Å²) in [6, 6.07) is 12.2. The summed E-state index contributed by atoms with van der Waals surface area (Å²) >= 11 is 0.